The third kappa shape index (κ3) is 2.58. The summed E-state index contributed by atoms with van der Waals surface area (Å²) < 4.78 is 3.02. The first-order valence-corrected chi connectivity index (χ1v) is 6.13. The van der Waals surface area contributed by atoms with Crippen molar-refractivity contribution in [3.63, 3.8) is 0 Å². The molecular weight excluding hydrogens is 262 g/mol. The molecule has 0 saturated heterocycles. The molecule has 0 amide bonds. The SMILES string of the molecule is CC(C)Cn1cc(C=O)c(-c2cc([N+](=O)[O-])nn2C)n1. The second-order valence-corrected chi connectivity index (χ2v) is 4.94. The van der Waals surface area contributed by atoms with Crippen molar-refractivity contribution in [2.45, 2.75) is 20.4 Å². The predicted molar refractivity (Wildman–Crippen MR) is 71.3 cm³/mol. The number of hydrogen-bond acceptors (Lipinski definition) is 5. The van der Waals surface area contributed by atoms with E-state index in [-0.39, 0.29) is 5.82 Å². The fourth-order valence-corrected chi connectivity index (χ4v) is 1.95. The minimum absolute atomic E-state index is 0.266. The van der Waals surface area contributed by atoms with E-state index in [0.717, 1.165) is 0 Å². The lowest BCUT2D eigenvalue weighted by Crippen LogP contribution is -2.05. The molecule has 0 unspecified atom stereocenters. The van der Waals surface area contributed by atoms with Gasteiger partial charge in [0.2, 0.25) is 0 Å². The highest BCUT2D eigenvalue weighted by molar-refractivity contribution is 5.84. The zero-order valence-electron chi connectivity index (χ0n) is 11.5. The van der Waals surface area contributed by atoms with E-state index in [1.54, 1.807) is 17.9 Å². The standard InChI is InChI=1S/C12H15N5O3/c1-8(2)5-16-6-9(7-18)12(14-16)10-4-11(17(19)20)13-15(10)3/h4,6-8H,5H2,1-3H3. The van der Waals surface area contributed by atoms with Crippen LogP contribution in [0.4, 0.5) is 5.82 Å². The quantitative estimate of drug-likeness (QED) is 0.470. The first-order chi connectivity index (χ1) is 9.42. The largest absolute Gasteiger partial charge is 0.390 e. The number of aldehydes is 1. The molecule has 0 spiro atoms. The Balaban J connectivity index is 2.48. The fraction of sp³-hybridized carbons (Fsp3) is 0.417. The molecule has 2 aromatic heterocycles. The molecule has 2 aromatic rings. The summed E-state index contributed by atoms with van der Waals surface area (Å²) >= 11 is 0. The van der Waals surface area contributed by atoms with E-state index < -0.39 is 4.92 Å². The van der Waals surface area contributed by atoms with E-state index in [4.69, 9.17) is 0 Å². The Hall–Kier alpha value is -2.51. The molecule has 0 atom stereocenters. The van der Waals surface area contributed by atoms with E-state index in [0.29, 0.717) is 35.7 Å². The van der Waals surface area contributed by atoms with Gasteiger partial charge in [-0.05, 0) is 10.8 Å². The molecule has 20 heavy (non-hydrogen) atoms. The van der Waals surface area contributed by atoms with Gasteiger partial charge in [-0.1, -0.05) is 13.8 Å². The summed E-state index contributed by atoms with van der Waals surface area (Å²) in [4.78, 5) is 21.3. The monoisotopic (exact) mass is 277 g/mol. The van der Waals surface area contributed by atoms with Crippen LogP contribution in [0.15, 0.2) is 12.3 Å². The number of carbonyl (C=O) groups excluding carboxylic acids is 1. The summed E-state index contributed by atoms with van der Waals surface area (Å²) in [7, 11) is 1.58. The first-order valence-electron chi connectivity index (χ1n) is 6.13. The Morgan fingerprint density at radius 3 is 2.65 bits per heavy atom. The van der Waals surface area contributed by atoms with Gasteiger partial charge in [-0.2, -0.15) is 9.78 Å². The van der Waals surface area contributed by atoms with Gasteiger partial charge < -0.3 is 10.1 Å². The Morgan fingerprint density at radius 1 is 1.45 bits per heavy atom. The van der Waals surface area contributed by atoms with Crippen molar-refractivity contribution in [1.29, 1.82) is 0 Å². The van der Waals surface area contributed by atoms with Crippen molar-refractivity contribution in [1.82, 2.24) is 19.6 Å². The summed E-state index contributed by atoms with van der Waals surface area (Å²) in [5, 5.41) is 18.8. The van der Waals surface area contributed by atoms with Gasteiger partial charge in [-0.25, -0.2) is 0 Å². The Labute approximate surface area is 115 Å². The first kappa shape index (κ1) is 13.9. The van der Waals surface area contributed by atoms with Gasteiger partial charge >= 0.3 is 5.82 Å². The van der Waals surface area contributed by atoms with Crippen LogP contribution < -0.4 is 0 Å². The maximum atomic E-state index is 11.1. The number of aromatic nitrogens is 4. The van der Waals surface area contributed by atoms with Gasteiger partial charge in [0.25, 0.3) is 0 Å². The summed E-state index contributed by atoms with van der Waals surface area (Å²) in [5.74, 6) is 0.112. The summed E-state index contributed by atoms with van der Waals surface area (Å²) in [6, 6.07) is 1.31. The minimum atomic E-state index is -0.574. The van der Waals surface area contributed by atoms with Crippen molar-refractivity contribution in [2.75, 3.05) is 0 Å². The van der Waals surface area contributed by atoms with E-state index >= 15 is 0 Å². The highest BCUT2D eigenvalue weighted by Crippen LogP contribution is 2.24. The lowest BCUT2D eigenvalue weighted by Gasteiger charge is -2.03. The molecule has 0 aliphatic rings. The molecule has 2 heterocycles. The lowest BCUT2D eigenvalue weighted by molar-refractivity contribution is -0.389. The topological polar surface area (TPSA) is 95.9 Å². The van der Waals surface area contributed by atoms with Crippen LogP contribution in [0.25, 0.3) is 11.4 Å². The summed E-state index contributed by atoms with van der Waals surface area (Å²) in [5.41, 5.74) is 1.24. The predicted octanol–water partition coefficient (Wildman–Crippen LogP) is 1.66. The van der Waals surface area contributed by atoms with Crippen LogP contribution in [-0.2, 0) is 13.6 Å². The number of carbonyl (C=O) groups is 1. The molecule has 0 radical (unpaired) electrons. The molecule has 0 aromatic carbocycles. The highest BCUT2D eigenvalue weighted by atomic mass is 16.6. The molecule has 0 aliphatic carbocycles. The average molecular weight is 277 g/mol. The third-order valence-electron chi connectivity index (χ3n) is 2.77. The Bertz CT molecular complexity index is 656. The molecule has 8 nitrogen and oxygen atoms in total. The minimum Gasteiger partial charge on any atom is -0.358 e. The molecule has 8 heteroatoms. The van der Waals surface area contributed by atoms with Gasteiger partial charge in [0.05, 0.1) is 23.8 Å². The molecule has 0 fully saturated rings. The van der Waals surface area contributed by atoms with Crippen LogP contribution in [0.1, 0.15) is 24.2 Å². The smallest absolute Gasteiger partial charge is 0.358 e. The normalized spacial score (nSPS) is 11.0. The van der Waals surface area contributed by atoms with Gasteiger partial charge in [-0.3, -0.25) is 9.48 Å². The van der Waals surface area contributed by atoms with Crippen LogP contribution in [0, 0.1) is 16.0 Å². The van der Waals surface area contributed by atoms with Gasteiger partial charge in [0, 0.05) is 12.7 Å². The Morgan fingerprint density at radius 2 is 2.15 bits per heavy atom. The zero-order chi connectivity index (χ0) is 14.9. The second-order valence-electron chi connectivity index (χ2n) is 4.94. The van der Waals surface area contributed by atoms with Crippen LogP contribution in [0.2, 0.25) is 0 Å². The summed E-state index contributed by atoms with van der Waals surface area (Å²) in [6.07, 6.45) is 2.33. The van der Waals surface area contributed by atoms with Crippen molar-refractivity contribution >= 4 is 12.1 Å². The van der Waals surface area contributed by atoms with Crippen LogP contribution in [0.3, 0.4) is 0 Å². The maximum Gasteiger partial charge on any atom is 0.390 e. The lowest BCUT2D eigenvalue weighted by atomic mass is 10.2. The van der Waals surface area contributed by atoms with E-state index in [9.17, 15) is 14.9 Å². The second kappa shape index (κ2) is 5.24. The fourth-order valence-electron chi connectivity index (χ4n) is 1.95. The van der Waals surface area contributed by atoms with E-state index in [1.165, 1.54) is 10.7 Å². The number of hydrogen-bond donors (Lipinski definition) is 0. The van der Waals surface area contributed by atoms with Crippen molar-refractivity contribution < 1.29 is 9.72 Å². The summed E-state index contributed by atoms with van der Waals surface area (Å²) in [6.45, 7) is 4.74. The Kier molecular flexibility index (Phi) is 3.64. The van der Waals surface area contributed by atoms with Crippen molar-refractivity contribution in [3.8, 4) is 11.4 Å². The van der Waals surface area contributed by atoms with Crippen molar-refractivity contribution in [3.05, 3.63) is 27.9 Å². The van der Waals surface area contributed by atoms with Gasteiger partial charge in [0.1, 0.15) is 11.4 Å². The number of rotatable bonds is 5. The highest BCUT2D eigenvalue weighted by Gasteiger charge is 2.21. The molecule has 0 N–H and O–H groups in total. The van der Waals surface area contributed by atoms with Crippen molar-refractivity contribution in [2.24, 2.45) is 13.0 Å². The molecule has 0 saturated carbocycles. The average Bonchev–Trinajstić information content (AvgIpc) is 2.91. The van der Waals surface area contributed by atoms with Crippen LogP contribution in [0.5, 0.6) is 0 Å². The molecule has 0 aliphatic heterocycles. The third-order valence-corrected chi connectivity index (χ3v) is 2.77. The molecular formula is C12H15N5O3. The van der Waals surface area contributed by atoms with Gasteiger partial charge in [-0.15, -0.1) is 0 Å². The number of aryl methyl sites for hydroxylation is 1. The number of nitro groups is 1. The van der Waals surface area contributed by atoms with E-state index in [2.05, 4.69) is 10.2 Å². The van der Waals surface area contributed by atoms with E-state index in [1.807, 2.05) is 13.8 Å². The zero-order valence-corrected chi connectivity index (χ0v) is 11.5. The van der Waals surface area contributed by atoms with Gasteiger partial charge in [0.15, 0.2) is 6.29 Å². The molecule has 0 bridgehead atoms. The molecule has 106 valence electrons. The van der Waals surface area contributed by atoms with Crippen LogP contribution >= 0.6 is 0 Å². The van der Waals surface area contributed by atoms with Crippen LogP contribution in [-0.4, -0.2) is 30.8 Å². The molecule has 2 rings (SSSR count). The maximum absolute atomic E-state index is 11.1. The number of nitrogens with zero attached hydrogens (tertiary/aromatic N) is 5.